The second kappa shape index (κ2) is 7.27. The molecule has 1 N–H and O–H groups in total. The summed E-state index contributed by atoms with van der Waals surface area (Å²) in [5, 5.41) is 13.8. The third-order valence-electron chi connectivity index (χ3n) is 5.07. The minimum atomic E-state index is 0.0820. The maximum atomic E-state index is 12.8. The van der Waals surface area contributed by atoms with Crippen molar-refractivity contribution >= 4 is 5.91 Å². The molecule has 5 heteroatoms. The third-order valence-corrected chi connectivity index (χ3v) is 5.07. The van der Waals surface area contributed by atoms with Gasteiger partial charge in [0.2, 0.25) is 0 Å². The summed E-state index contributed by atoms with van der Waals surface area (Å²) in [6, 6.07) is 0.536. The number of hydrogen-bond acceptors (Lipinski definition) is 3. The Morgan fingerprint density at radius 3 is 2.68 bits per heavy atom. The SMILES string of the molecule is CCC(CC)n1ncc(C(=O)N2CC[C@H](CO)C[C@@H]2C)c1C. The molecule has 1 aliphatic heterocycles. The lowest BCUT2D eigenvalue weighted by atomic mass is 9.92. The molecule has 2 atom stereocenters. The van der Waals surface area contributed by atoms with E-state index in [4.69, 9.17) is 0 Å². The van der Waals surface area contributed by atoms with Crippen molar-refractivity contribution in [1.82, 2.24) is 14.7 Å². The van der Waals surface area contributed by atoms with Gasteiger partial charge in [-0.3, -0.25) is 9.48 Å². The Kier molecular flexibility index (Phi) is 5.62. The van der Waals surface area contributed by atoms with Gasteiger partial charge in [0.15, 0.2) is 0 Å². The molecular formula is C17H29N3O2. The van der Waals surface area contributed by atoms with Gasteiger partial charge >= 0.3 is 0 Å². The fraction of sp³-hybridized carbons (Fsp3) is 0.765. The van der Waals surface area contributed by atoms with Crippen molar-refractivity contribution in [1.29, 1.82) is 0 Å². The summed E-state index contributed by atoms with van der Waals surface area (Å²) in [4.78, 5) is 14.8. The number of amides is 1. The highest BCUT2D eigenvalue weighted by Gasteiger charge is 2.30. The fourth-order valence-electron chi connectivity index (χ4n) is 3.53. The summed E-state index contributed by atoms with van der Waals surface area (Å²) in [7, 11) is 0. The van der Waals surface area contributed by atoms with Gasteiger partial charge in [0.25, 0.3) is 5.91 Å². The van der Waals surface area contributed by atoms with E-state index < -0.39 is 0 Å². The molecule has 1 aromatic heterocycles. The van der Waals surface area contributed by atoms with Gasteiger partial charge < -0.3 is 10.0 Å². The number of aliphatic hydroxyl groups is 1. The largest absolute Gasteiger partial charge is 0.396 e. The van der Waals surface area contributed by atoms with Gasteiger partial charge in [0.05, 0.1) is 17.8 Å². The third kappa shape index (κ3) is 3.19. The summed E-state index contributed by atoms with van der Waals surface area (Å²) in [5.41, 5.74) is 1.69. The first-order chi connectivity index (χ1) is 10.5. The van der Waals surface area contributed by atoms with Gasteiger partial charge in [0.1, 0.15) is 0 Å². The molecule has 0 saturated carbocycles. The van der Waals surface area contributed by atoms with Crippen molar-refractivity contribution < 1.29 is 9.90 Å². The topological polar surface area (TPSA) is 58.4 Å². The first kappa shape index (κ1) is 17.0. The minimum Gasteiger partial charge on any atom is -0.396 e. The van der Waals surface area contributed by atoms with E-state index in [9.17, 15) is 9.90 Å². The standard InChI is InChI=1S/C17H29N3O2/c1-5-15(6-2)20-13(4)16(10-18-20)17(22)19-8-7-14(11-21)9-12(19)3/h10,12,14-15,21H,5-9,11H2,1-4H3/t12-,14-/m0/s1. The van der Waals surface area contributed by atoms with Crippen molar-refractivity contribution in [3.63, 3.8) is 0 Å². The molecule has 0 radical (unpaired) electrons. The zero-order valence-electron chi connectivity index (χ0n) is 14.2. The van der Waals surface area contributed by atoms with Crippen LogP contribution in [0.25, 0.3) is 0 Å². The van der Waals surface area contributed by atoms with Crippen LogP contribution in [0.1, 0.15) is 68.5 Å². The summed E-state index contributed by atoms with van der Waals surface area (Å²) < 4.78 is 2.00. The van der Waals surface area contributed by atoms with Gasteiger partial charge in [-0.05, 0) is 45.4 Å². The monoisotopic (exact) mass is 307 g/mol. The van der Waals surface area contributed by atoms with Crippen LogP contribution in [0.2, 0.25) is 0 Å². The van der Waals surface area contributed by atoms with E-state index in [0.717, 1.165) is 43.5 Å². The average molecular weight is 307 g/mol. The zero-order valence-corrected chi connectivity index (χ0v) is 14.2. The van der Waals surface area contributed by atoms with E-state index >= 15 is 0 Å². The van der Waals surface area contributed by atoms with Crippen LogP contribution in [0, 0.1) is 12.8 Å². The van der Waals surface area contributed by atoms with Crippen molar-refractivity contribution in [2.45, 2.75) is 65.5 Å². The predicted molar refractivity (Wildman–Crippen MR) is 86.9 cm³/mol. The molecule has 0 aliphatic carbocycles. The number of aliphatic hydroxyl groups excluding tert-OH is 1. The molecule has 0 bridgehead atoms. The van der Waals surface area contributed by atoms with E-state index in [2.05, 4.69) is 25.9 Å². The highest BCUT2D eigenvalue weighted by atomic mass is 16.3. The molecular weight excluding hydrogens is 278 g/mol. The number of carbonyl (C=O) groups is 1. The van der Waals surface area contributed by atoms with Gasteiger partial charge in [-0.1, -0.05) is 13.8 Å². The molecule has 0 aromatic carbocycles. The van der Waals surface area contributed by atoms with Gasteiger partial charge in [-0.2, -0.15) is 5.10 Å². The Morgan fingerprint density at radius 1 is 1.45 bits per heavy atom. The quantitative estimate of drug-likeness (QED) is 0.910. The normalized spacial score (nSPS) is 22.4. The number of nitrogens with zero attached hydrogens (tertiary/aromatic N) is 3. The Morgan fingerprint density at radius 2 is 2.14 bits per heavy atom. The van der Waals surface area contributed by atoms with Crippen LogP contribution in [0.5, 0.6) is 0 Å². The van der Waals surface area contributed by atoms with Gasteiger partial charge in [-0.15, -0.1) is 0 Å². The van der Waals surface area contributed by atoms with E-state index in [1.54, 1.807) is 6.20 Å². The highest BCUT2D eigenvalue weighted by molar-refractivity contribution is 5.95. The van der Waals surface area contributed by atoms with Crippen molar-refractivity contribution in [3.05, 3.63) is 17.5 Å². The lowest BCUT2D eigenvalue weighted by molar-refractivity contribution is 0.0514. The lowest BCUT2D eigenvalue weighted by Gasteiger charge is -2.37. The molecule has 2 rings (SSSR count). The Hall–Kier alpha value is -1.36. The van der Waals surface area contributed by atoms with Crippen LogP contribution in [-0.2, 0) is 0 Å². The van der Waals surface area contributed by atoms with Crippen LogP contribution in [0.3, 0.4) is 0 Å². The molecule has 1 aromatic rings. The van der Waals surface area contributed by atoms with Crippen molar-refractivity contribution in [3.8, 4) is 0 Å². The Bertz CT molecular complexity index is 508. The Labute approximate surface area is 133 Å². The van der Waals surface area contributed by atoms with Crippen LogP contribution in [0.4, 0.5) is 0 Å². The van der Waals surface area contributed by atoms with Crippen LogP contribution in [-0.4, -0.2) is 44.9 Å². The molecule has 124 valence electrons. The molecule has 0 unspecified atom stereocenters. The van der Waals surface area contributed by atoms with E-state index in [0.29, 0.717) is 12.0 Å². The number of piperidine rings is 1. The van der Waals surface area contributed by atoms with E-state index in [-0.39, 0.29) is 18.6 Å². The molecule has 1 aliphatic rings. The first-order valence-corrected chi connectivity index (χ1v) is 8.49. The highest BCUT2D eigenvalue weighted by Crippen LogP contribution is 2.26. The fourth-order valence-corrected chi connectivity index (χ4v) is 3.53. The summed E-state index contributed by atoms with van der Waals surface area (Å²) in [6.07, 6.45) is 5.52. The molecule has 1 amide bonds. The smallest absolute Gasteiger partial charge is 0.257 e. The van der Waals surface area contributed by atoms with Crippen LogP contribution in [0.15, 0.2) is 6.20 Å². The minimum absolute atomic E-state index is 0.0820. The average Bonchev–Trinajstić information content (AvgIpc) is 2.90. The van der Waals surface area contributed by atoms with Crippen molar-refractivity contribution in [2.75, 3.05) is 13.2 Å². The second-order valence-electron chi connectivity index (χ2n) is 6.48. The molecule has 1 fully saturated rings. The molecule has 1 saturated heterocycles. The molecule has 0 spiro atoms. The zero-order chi connectivity index (χ0) is 16.3. The second-order valence-corrected chi connectivity index (χ2v) is 6.48. The van der Waals surface area contributed by atoms with Gasteiger partial charge in [0, 0.05) is 24.9 Å². The lowest BCUT2D eigenvalue weighted by Crippen LogP contribution is -2.45. The van der Waals surface area contributed by atoms with Gasteiger partial charge in [-0.25, -0.2) is 0 Å². The summed E-state index contributed by atoms with van der Waals surface area (Å²) in [6.45, 7) is 9.31. The van der Waals surface area contributed by atoms with Crippen molar-refractivity contribution in [2.24, 2.45) is 5.92 Å². The molecule has 22 heavy (non-hydrogen) atoms. The summed E-state index contributed by atoms with van der Waals surface area (Å²) >= 11 is 0. The molecule has 5 nitrogen and oxygen atoms in total. The Balaban J connectivity index is 2.17. The van der Waals surface area contributed by atoms with Crippen LogP contribution >= 0.6 is 0 Å². The maximum Gasteiger partial charge on any atom is 0.257 e. The van der Waals surface area contributed by atoms with E-state index in [1.165, 1.54) is 0 Å². The predicted octanol–water partition coefficient (Wildman–Crippen LogP) is 2.79. The number of aromatic nitrogens is 2. The van der Waals surface area contributed by atoms with E-state index in [1.807, 2.05) is 16.5 Å². The number of carbonyl (C=O) groups excluding carboxylic acids is 1. The van der Waals surface area contributed by atoms with Crippen LogP contribution < -0.4 is 0 Å². The molecule has 2 heterocycles. The number of rotatable bonds is 5. The first-order valence-electron chi connectivity index (χ1n) is 8.49. The maximum absolute atomic E-state index is 12.8. The number of hydrogen-bond donors (Lipinski definition) is 1. The number of likely N-dealkylation sites (tertiary alicyclic amines) is 1. The summed E-state index contributed by atoms with van der Waals surface area (Å²) in [5.74, 6) is 0.408.